The highest BCUT2D eigenvalue weighted by Gasteiger charge is 2.09. The number of carbonyl (C=O) groups excluding carboxylic acids is 1. The number of H-pyrrole nitrogens is 1. The van der Waals surface area contributed by atoms with Gasteiger partial charge in [0.05, 0.1) is 13.5 Å². The van der Waals surface area contributed by atoms with Gasteiger partial charge in [-0.3, -0.25) is 9.59 Å². The summed E-state index contributed by atoms with van der Waals surface area (Å²) in [6, 6.07) is 1.67. The molecule has 1 heterocycles. The smallest absolute Gasteiger partial charge is 0.310 e. The first-order chi connectivity index (χ1) is 6.15. The molecular weight excluding hydrogens is 238 g/mol. The van der Waals surface area contributed by atoms with Crippen molar-refractivity contribution in [1.82, 2.24) is 4.98 Å². The van der Waals surface area contributed by atoms with Gasteiger partial charge < -0.3 is 9.72 Å². The minimum absolute atomic E-state index is 0.0206. The summed E-state index contributed by atoms with van der Waals surface area (Å²) >= 11 is 3.18. The fraction of sp³-hybridized carbons (Fsp3) is 0.250. The lowest BCUT2D eigenvalue weighted by Crippen LogP contribution is -2.17. The highest BCUT2D eigenvalue weighted by Crippen LogP contribution is 2.11. The van der Waals surface area contributed by atoms with Crippen molar-refractivity contribution in [3.8, 4) is 0 Å². The van der Waals surface area contributed by atoms with Crippen molar-refractivity contribution in [3.05, 3.63) is 32.7 Å². The zero-order chi connectivity index (χ0) is 9.84. The van der Waals surface area contributed by atoms with E-state index in [0.717, 1.165) is 0 Å². The Balaban J connectivity index is 3.00. The summed E-state index contributed by atoms with van der Waals surface area (Å²) in [5.74, 6) is -0.433. The van der Waals surface area contributed by atoms with Crippen LogP contribution in [0, 0.1) is 0 Å². The number of hydrogen-bond acceptors (Lipinski definition) is 3. The van der Waals surface area contributed by atoms with E-state index in [0.29, 0.717) is 10.0 Å². The third-order valence-corrected chi connectivity index (χ3v) is 2.30. The first-order valence-electron chi connectivity index (χ1n) is 3.58. The van der Waals surface area contributed by atoms with Crippen LogP contribution in [0.1, 0.15) is 5.56 Å². The van der Waals surface area contributed by atoms with Gasteiger partial charge in [0.25, 0.3) is 5.56 Å². The number of ether oxygens (including phenoxy) is 1. The molecule has 0 aliphatic carbocycles. The minimum Gasteiger partial charge on any atom is -0.469 e. The minimum atomic E-state index is -0.433. The Kier molecular flexibility index (Phi) is 3.25. The van der Waals surface area contributed by atoms with Gasteiger partial charge in [0.1, 0.15) is 0 Å². The number of nitrogens with one attached hydrogen (secondary N) is 1. The fourth-order valence-corrected chi connectivity index (χ4v) is 1.32. The third-order valence-electron chi connectivity index (χ3n) is 1.56. The lowest BCUT2D eigenvalue weighted by molar-refractivity contribution is -0.139. The molecule has 70 valence electrons. The van der Waals surface area contributed by atoms with Gasteiger partial charge in [-0.15, -0.1) is 0 Å². The molecule has 0 spiro atoms. The van der Waals surface area contributed by atoms with Gasteiger partial charge in [-0.25, -0.2) is 0 Å². The Morgan fingerprint density at radius 1 is 1.69 bits per heavy atom. The molecule has 0 bridgehead atoms. The predicted molar refractivity (Wildman–Crippen MR) is 50.5 cm³/mol. The van der Waals surface area contributed by atoms with Crippen molar-refractivity contribution in [2.24, 2.45) is 0 Å². The van der Waals surface area contributed by atoms with E-state index in [1.54, 1.807) is 6.07 Å². The predicted octanol–water partition coefficient (Wildman–Crippen LogP) is 0.853. The lowest BCUT2D eigenvalue weighted by Gasteiger charge is -2.00. The van der Waals surface area contributed by atoms with Crippen LogP contribution in [-0.4, -0.2) is 18.1 Å². The zero-order valence-corrected chi connectivity index (χ0v) is 8.55. The average Bonchev–Trinajstić information content (AvgIpc) is 2.11. The van der Waals surface area contributed by atoms with Crippen molar-refractivity contribution < 1.29 is 9.53 Å². The van der Waals surface area contributed by atoms with Gasteiger partial charge in [0.2, 0.25) is 0 Å². The van der Waals surface area contributed by atoms with Crippen LogP contribution in [0.5, 0.6) is 0 Å². The van der Waals surface area contributed by atoms with E-state index in [2.05, 4.69) is 25.7 Å². The Morgan fingerprint density at radius 3 is 2.92 bits per heavy atom. The van der Waals surface area contributed by atoms with Crippen molar-refractivity contribution in [1.29, 1.82) is 0 Å². The van der Waals surface area contributed by atoms with Gasteiger partial charge in [-0.05, 0) is 6.07 Å². The summed E-state index contributed by atoms with van der Waals surface area (Å²) in [5.41, 5.74) is 0.106. The Labute approximate surface area is 83.1 Å². The van der Waals surface area contributed by atoms with Gasteiger partial charge in [-0.2, -0.15) is 0 Å². The number of aromatic amines is 1. The summed E-state index contributed by atoms with van der Waals surface area (Å²) < 4.78 is 5.06. The SMILES string of the molecule is COC(=O)Cc1c(Br)cc[nH]c1=O. The van der Waals surface area contributed by atoms with E-state index < -0.39 is 5.97 Å². The van der Waals surface area contributed by atoms with E-state index >= 15 is 0 Å². The van der Waals surface area contributed by atoms with E-state index in [4.69, 9.17) is 0 Å². The van der Waals surface area contributed by atoms with Crippen LogP contribution in [0.3, 0.4) is 0 Å². The maximum atomic E-state index is 11.2. The van der Waals surface area contributed by atoms with E-state index in [1.807, 2.05) is 0 Å². The summed E-state index contributed by atoms with van der Waals surface area (Å²) in [4.78, 5) is 24.6. The highest BCUT2D eigenvalue weighted by atomic mass is 79.9. The molecule has 0 atom stereocenters. The van der Waals surface area contributed by atoms with Crippen LogP contribution in [0.15, 0.2) is 21.5 Å². The monoisotopic (exact) mass is 245 g/mol. The molecule has 1 aromatic heterocycles. The summed E-state index contributed by atoms with van der Waals surface area (Å²) in [5, 5.41) is 0. The number of hydrogen-bond donors (Lipinski definition) is 1. The summed E-state index contributed by atoms with van der Waals surface area (Å²) in [6.45, 7) is 0. The Morgan fingerprint density at radius 2 is 2.38 bits per heavy atom. The molecule has 0 saturated carbocycles. The molecule has 0 aliphatic heterocycles. The molecule has 1 N–H and O–H groups in total. The highest BCUT2D eigenvalue weighted by molar-refractivity contribution is 9.10. The maximum absolute atomic E-state index is 11.2. The standard InChI is InChI=1S/C8H8BrNO3/c1-13-7(11)4-5-6(9)2-3-10-8(5)12/h2-3H,4H2,1H3,(H,10,12). The Hall–Kier alpha value is -1.10. The first-order valence-corrected chi connectivity index (χ1v) is 4.37. The fourth-order valence-electron chi connectivity index (χ4n) is 0.868. The van der Waals surface area contributed by atoms with Gasteiger partial charge in [0, 0.05) is 16.2 Å². The number of rotatable bonds is 2. The molecule has 0 aliphatic rings. The van der Waals surface area contributed by atoms with Crippen LogP contribution in [0.2, 0.25) is 0 Å². The van der Waals surface area contributed by atoms with Gasteiger partial charge in [-0.1, -0.05) is 15.9 Å². The van der Waals surface area contributed by atoms with Crippen molar-refractivity contribution >= 4 is 21.9 Å². The second-order valence-electron chi connectivity index (χ2n) is 2.39. The number of esters is 1. The van der Waals surface area contributed by atoms with Gasteiger partial charge >= 0.3 is 5.97 Å². The molecule has 0 radical (unpaired) electrons. The normalized spacial score (nSPS) is 9.69. The van der Waals surface area contributed by atoms with Crippen LogP contribution < -0.4 is 5.56 Å². The number of methoxy groups -OCH3 is 1. The molecule has 0 unspecified atom stereocenters. The number of halogens is 1. The maximum Gasteiger partial charge on any atom is 0.310 e. The Bertz CT molecular complexity index is 372. The second kappa shape index (κ2) is 4.23. The molecule has 0 aromatic carbocycles. The molecule has 0 saturated heterocycles. The van der Waals surface area contributed by atoms with Crippen molar-refractivity contribution in [2.45, 2.75) is 6.42 Å². The van der Waals surface area contributed by atoms with E-state index in [-0.39, 0.29) is 12.0 Å². The van der Waals surface area contributed by atoms with Crippen LogP contribution >= 0.6 is 15.9 Å². The average molecular weight is 246 g/mol. The summed E-state index contributed by atoms with van der Waals surface area (Å²) in [7, 11) is 1.29. The van der Waals surface area contributed by atoms with Crippen molar-refractivity contribution in [3.63, 3.8) is 0 Å². The summed E-state index contributed by atoms with van der Waals surface area (Å²) in [6.07, 6.45) is 1.49. The first kappa shape index (κ1) is 9.98. The largest absolute Gasteiger partial charge is 0.469 e. The number of pyridine rings is 1. The van der Waals surface area contributed by atoms with E-state index in [9.17, 15) is 9.59 Å². The zero-order valence-electron chi connectivity index (χ0n) is 6.96. The molecule has 0 fully saturated rings. The quantitative estimate of drug-likeness (QED) is 0.787. The van der Waals surface area contributed by atoms with Crippen molar-refractivity contribution in [2.75, 3.05) is 7.11 Å². The van der Waals surface area contributed by atoms with Crippen LogP contribution in [-0.2, 0) is 16.0 Å². The van der Waals surface area contributed by atoms with Crippen LogP contribution in [0.4, 0.5) is 0 Å². The molecule has 13 heavy (non-hydrogen) atoms. The molecular formula is C8H8BrNO3. The third kappa shape index (κ3) is 2.42. The number of aromatic nitrogens is 1. The number of carbonyl (C=O) groups is 1. The lowest BCUT2D eigenvalue weighted by atomic mass is 10.2. The molecule has 0 amide bonds. The second-order valence-corrected chi connectivity index (χ2v) is 3.24. The topological polar surface area (TPSA) is 59.2 Å². The molecule has 1 aromatic rings. The molecule has 4 nitrogen and oxygen atoms in total. The molecule has 1 rings (SSSR count). The van der Waals surface area contributed by atoms with E-state index in [1.165, 1.54) is 13.3 Å². The van der Waals surface area contributed by atoms with Gasteiger partial charge in [0.15, 0.2) is 0 Å². The van der Waals surface area contributed by atoms with Crippen LogP contribution in [0.25, 0.3) is 0 Å². The molecule has 5 heteroatoms.